The molecule has 0 saturated heterocycles. The highest BCUT2D eigenvalue weighted by Crippen LogP contribution is 2.24. The Hall–Kier alpha value is -3.31. The van der Waals surface area contributed by atoms with Gasteiger partial charge in [0.15, 0.2) is 6.10 Å². The summed E-state index contributed by atoms with van der Waals surface area (Å²) in [5, 5.41) is 3.22. The third kappa shape index (κ3) is 5.61. The molecule has 0 spiro atoms. The summed E-state index contributed by atoms with van der Waals surface area (Å²) in [7, 11) is 1.75. The summed E-state index contributed by atoms with van der Waals surface area (Å²) >= 11 is 6.08. The minimum Gasteiger partial charge on any atom is -0.479 e. The second-order valence-electron chi connectivity index (χ2n) is 6.91. The van der Waals surface area contributed by atoms with Crippen LogP contribution >= 0.6 is 11.6 Å². The molecule has 1 atom stereocenters. The van der Waals surface area contributed by atoms with E-state index in [0.717, 1.165) is 5.56 Å². The maximum absolute atomic E-state index is 12.8. The van der Waals surface area contributed by atoms with Crippen LogP contribution in [-0.2, 0) is 11.3 Å². The van der Waals surface area contributed by atoms with Gasteiger partial charge in [-0.25, -0.2) is 0 Å². The maximum Gasteiger partial charge on any atom is 0.265 e. The van der Waals surface area contributed by atoms with E-state index in [0.29, 0.717) is 28.6 Å². The monoisotopic (exact) mass is 422 g/mol. The Labute approximate surface area is 181 Å². The van der Waals surface area contributed by atoms with Crippen molar-refractivity contribution < 1.29 is 14.3 Å². The first-order valence-electron chi connectivity index (χ1n) is 9.55. The van der Waals surface area contributed by atoms with Gasteiger partial charge in [0.05, 0.1) is 5.02 Å². The molecule has 3 aromatic rings. The molecule has 1 unspecified atom stereocenters. The highest BCUT2D eigenvalue weighted by atomic mass is 35.5. The lowest BCUT2D eigenvalue weighted by Crippen LogP contribution is -2.30. The number of halogens is 1. The smallest absolute Gasteiger partial charge is 0.265 e. The van der Waals surface area contributed by atoms with Crippen molar-refractivity contribution in [2.24, 2.45) is 0 Å². The predicted octanol–water partition coefficient (Wildman–Crippen LogP) is 5.02. The van der Waals surface area contributed by atoms with Gasteiger partial charge in [0, 0.05) is 24.8 Å². The van der Waals surface area contributed by atoms with E-state index in [1.54, 1.807) is 67.4 Å². The van der Waals surface area contributed by atoms with E-state index in [1.165, 1.54) is 0 Å². The van der Waals surface area contributed by atoms with Crippen LogP contribution in [0.15, 0.2) is 78.9 Å². The molecule has 0 saturated carbocycles. The summed E-state index contributed by atoms with van der Waals surface area (Å²) in [5.41, 5.74) is 2.06. The molecule has 1 N–H and O–H groups in total. The Morgan fingerprint density at radius 1 is 1.00 bits per heavy atom. The number of anilines is 1. The zero-order valence-corrected chi connectivity index (χ0v) is 17.6. The molecule has 5 nitrogen and oxygen atoms in total. The topological polar surface area (TPSA) is 58.6 Å². The van der Waals surface area contributed by atoms with E-state index >= 15 is 0 Å². The first kappa shape index (κ1) is 21.4. The molecule has 0 fully saturated rings. The summed E-state index contributed by atoms with van der Waals surface area (Å²) in [5.74, 6) is -0.0271. The molecule has 3 rings (SSSR count). The number of carbonyl (C=O) groups excluding carboxylic acids is 2. The van der Waals surface area contributed by atoms with E-state index in [4.69, 9.17) is 16.3 Å². The van der Waals surface area contributed by atoms with E-state index in [1.807, 2.05) is 30.3 Å². The number of ether oxygens (including phenoxy) is 1. The Kier molecular flexibility index (Phi) is 7.09. The molecule has 3 aromatic carbocycles. The van der Waals surface area contributed by atoms with Crippen molar-refractivity contribution in [2.75, 3.05) is 12.4 Å². The maximum atomic E-state index is 12.8. The molecule has 0 heterocycles. The number of rotatable bonds is 7. The minimum atomic E-state index is -0.759. The zero-order valence-electron chi connectivity index (χ0n) is 16.8. The average Bonchev–Trinajstić information content (AvgIpc) is 2.75. The van der Waals surface area contributed by atoms with Crippen LogP contribution < -0.4 is 10.1 Å². The van der Waals surface area contributed by atoms with E-state index in [2.05, 4.69) is 5.32 Å². The number of hydrogen-bond acceptors (Lipinski definition) is 3. The fourth-order valence-electron chi connectivity index (χ4n) is 2.91. The van der Waals surface area contributed by atoms with E-state index in [9.17, 15) is 9.59 Å². The minimum absolute atomic E-state index is 0.129. The van der Waals surface area contributed by atoms with Gasteiger partial charge in [-0.1, -0.05) is 60.1 Å². The molecule has 0 radical (unpaired) electrons. The van der Waals surface area contributed by atoms with Crippen molar-refractivity contribution in [1.29, 1.82) is 0 Å². The van der Waals surface area contributed by atoms with Crippen molar-refractivity contribution in [3.8, 4) is 5.75 Å². The molecular formula is C24H23ClN2O3. The molecule has 0 aliphatic heterocycles. The SMILES string of the molecule is CC(Oc1ccccc1Cl)C(=O)Nc1cccc(C(=O)N(C)Cc2ccccc2)c1. The zero-order chi connectivity index (χ0) is 21.5. The first-order valence-corrected chi connectivity index (χ1v) is 9.93. The van der Waals surface area contributed by atoms with Gasteiger partial charge in [0.1, 0.15) is 5.75 Å². The van der Waals surface area contributed by atoms with Crippen molar-refractivity contribution in [2.45, 2.75) is 19.6 Å². The molecular weight excluding hydrogens is 400 g/mol. The number of nitrogens with zero attached hydrogens (tertiary/aromatic N) is 1. The van der Waals surface area contributed by atoms with Crippen LogP contribution in [0.2, 0.25) is 5.02 Å². The predicted molar refractivity (Wildman–Crippen MR) is 119 cm³/mol. The van der Waals surface area contributed by atoms with E-state index in [-0.39, 0.29) is 11.8 Å². The lowest BCUT2D eigenvalue weighted by molar-refractivity contribution is -0.122. The summed E-state index contributed by atoms with van der Waals surface area (Å²) in [6, 6.07) is 23.6. The first-order chi connectivity index (χ1) is 14.4. The number of carbonyl (C=O) groups is 2. The molecule has 2 amide bonds. The molecule has 0 aliphatic rings. The highest BCUT2D eigenvalue weighted by molar-refractivity contribution is 6.32. The van der Waals surface area contributed by atoms with Gasteiger partial charge in [0.25, 0.3) is 11.8 Å². The number of nitrogens with one attached hydrogen (secondary N) is 1. The third-order valence-electron chi connectivity index (χ3n) is 4.50. The molecule has 0 bridgehead atoms. The van der Waals surface area contributed by atoms with Crippen LogP contribution in [0.5, 0.6) is 5.75 Å². The normalized spacial score (nSPS) is 11.4. The van der Waals surface area contributed by atoms with Gasteiger partial charge < -0.3 is 15.0 Å². The van der Waals surface area contributed by atoms with Crippen molar-refractivity contribution >= 4 is 29.1 Å². The van der Waals surface area contributed by atoms with Crippen LogP contribution in [0.25, 0.3) is 0 Å². The van der Waals surface area contributed by atoms with Crippen LogP contribution in [0, 0.1) is 0 Å². The van der Waals surface area contributed by atoms with Gasteiger partial charge in [-0.15, -0.1) is 0 Å². The second kappa shape index (κ2) is 9.94. The summed E-state index contributed by atoms with van der Waals surface area (Å²) in [6.07, 6.45) is -0.759. The molecule has 0 aliphatic carbocycles. The average molecular weight is 423 g/mol. The van der Waals surface area contributed by atoms with Crippen molar-refractivity contribution in [3.05, 3.63) is 95.0 Å². The lowest BCUT2D eigenvalue weighted by atomic mass is 10.1. The quantitative estimate of drug-likeness (QED) is 0.581. The van der Waals surface area contributed by atoms with Crippen LogP contribution in [0.4, 0.5) is 5.69 Å². The molecule has 30 heavy (non-hydrogen) atoms. The van der Waals surface area contributed by atoms with Gasteiger partial charge in [-0.05, 0) is 42.8 Å². The Balaban J connectivity index is 1.63. The summed E-state index contributed by atoms with van der Waals surface area (Å²) in [4.78, 5) is 26.9. The molecule has 0 aromatic heterocycles. The number of hydrogen-bond donors (Lipinski definition) is 1. The number of benzene rings is 3. The summed E-state index contributed by atoms with van der Waals surface area (Å²) in [6.45, 7) is 2.14. The van der Waals surface area contributed by atoms with Crippen molar-refractivity contribution in [1.82, 2.24) is 4.90 Å². The lowest BCUT2D eigenvalue weighted by Gasteiger charge is -2.18. The van der Waals surface area contributed by atoms with Crippen molar-refractivity contribution in [3.63, 3.8) is 0 Å². The largest absolute Gasteiger partial charge is 0.479 e. The van der Waals surface area contributed by atoms with Gasteiger partial charge >= 0.3 is 0 Å². The number of amides is 2. The fourth-order valence-corrected chi connectivity index (χ4v) is 3.09. The summed E-state index contributed by atoms with van der Waals surface area (Å²) < 4.78 is 5.64. The van der Waals surface area contributed by atoms with Crippen LogP contribution in [0.1, 0.15) is 22.8 Å². The Morgan fingerprint density at radius 3 is 2.43 bits per heavy atom. The molecule has 6 heteroatoms. The van der Waals surface area contributed by atoms with Gasteiger partial charge in [-0.3, -0.25) is 9.59 Å². The third-order valence-corrected chi connectivity index (χ3v) is 4.81. The molecule has 154 valence electrons. The van der Waals surface area contributed by atoms with Gasteiger partial charge in [-0.2, -0.15) is 0 Å². The van der Waals surface area contributed by atoms with E-state index < -0.39 is 6.10 Å². The standard InChI is InChI=1S/C24H23ClN2O3/c1-17(30-22-14-7-6-13-21(22)25)23(28)26-20-12-8-11-19(15-20)24(29)27(2)16-18-9-4-3-5-10-18/h3-15,17H,16H2,1-2H3,(H,26,28). The van der Waals surface area contributed by atoms with Gasteiger partial charge in [0.2, 0.25) is 0 Å². The second-order valence-corrected chi connectivity index (χ2v) is 7.31. The highest BCUT2D eigenvalue weighted by Gasteiger charge is 2.18. The fraction of sp³-hybridized carbons (Fsp3) is 0.167. The van der Waals surface area contributed by atoms with Crippen LogP contribution in [0.3, 0.4) is 0 Å². The van der Waals surface area contributed by atoms with Crippen LogP contribution in [-0.4, -0.2) is 29.9 Å². The Bertz CT molecular complexity index is 1020. The number of para-hydroxylation sites is 1. The Morgan fingerprint density at radius 2 is 1.70 bits per heavy atom.